The van der Waals surface area contributed by atoms with E-state index in [2.05, 4.69) is 26.7 Å². The van der Waals surface area contributed by atoms with E-state index in [4.69, 9.17) is 10.5 Å². The van der Waals surface area contributed by atoms with Gasteiger partial charge in [0.1, 0.15) is 11.6 Å². The highest BCUT2D eigenvalue weighted by molar-refractivity contribution is 5.08. The lowest BCUT2D eigenvalue weighted by Gasteiger charge is -2.32. The van der Waals surface area contributed by atoms with E-state index in [1.54, 1.807) is 7.11 Å². The molecule has 0 spiro atoms. The molecule has 0 aromatic carbocycles. The summed E-state index contributed by atoms with van der Waals surface area (Å²) in [4.78, 5) is 2.40. The first kappa shape index (κ1) is 16.9. The van der Waals surface area contributed by atoms with Crippen molar-refractivity contribution < 1.29 is 4.74 Å². The van der Waals surface area contributed by atoms with Crippen molar-refractivity contribution in [3.8, 4) is 0 Å². The quantitative estimate of drug-likeness (QED) is 0.790. The highest BCUT2D eigenvalue weighted by Gasteiger charge is 2.32. The van der Waals surface area contributed by atoms with Crippen LogP contribution < -0.4 is 5.73 Å². The molecular formula is C17H31N5O. The van der Waals surface area contributed by atoms with Gasteiger partial charge < -0.3 is 15.0 Å². The molecule has 0 amide bonds. The van der Waals surface area contributed by atoms with Crippen LogP contribution in [0.3, 0.4) is 0 Å². The second-order valence-electron chi connectivity index (χ2n) is 7.39. The lowest BCUT2D eigenvalue weighted by Crippen LogP contribution is -2.36. The van der Waals surface area contributed by atoms with E-state index >= 15 is 0 Å². The van der Waals surface area contributed by atoms with Gasteiger partial charge in [0.25, 0.3) is 0 Å². The summed E-state index contributed by atoms with van der Waals surface area (Å²) in [6.07, 6.45) is 7.62. The van der Waals surface area contributed by atoms with Gasteiger partial charge in [0.05, 0.1) is 13.2 Å². The molecule has 1 aromatic rings. The van der Waals surface area contributed by atoms with E-state index in [-0.39, 0.29) is 0 Å². The average Bonchev–Trinajstić information content (AvgIpc) is 3.12. The van der Waals surface area contributed by atoms with Crippen molar-refractivity contribution in [2.75, 3.05) is 27.3 Å². The average molecular weight is 321 g/mol. The summed E-state index contributed by atoms with van der Waals surface area (Å²) >= 11 is 0. The maximum atomic E-state index is 5.94. The van der Waals surface area contributed by atoms with Crippen LogP contribution in [0.1, 0.15) is 56.1 Å². The van der Waals surface area contributed by atoms with Crippen LogP contribution in [0.15, 0.2) is 0 Å². The molecule has 2 aliphatic rings. The van der Waals surface area contributed by atoms with Gasteiger partial charge in [0.2, 0.25) is 0 Å². The molecule has 0 atom stereocenters. The Morgan fingerprint density at radius 3 is 2.65 bits per heavy atom. The van der Waals surface area contributed by atoms with E-state index in [9.17, 15) is 0 Å². The molecule has 1 aromatic heterocycles. The third-order valence-corrected chi connectivity index (χ3v) is 5.37. The fraction of sp³-hybridized carbons (Fsp3) is 0.882. The van der Waals surface area contributed by atoms with Crippen LogP contribution in [0.4, 0.5) is 0 Å². The first-order valence-corrected chi connectivity index (χ1v) is 9.02. The Labute approximate surface area is 139 Å². The third kappa shape index (κ3) is 4.11. The Kier molecular flexibility index (Phi) is 5.67. The monoisotopic (exact) mass is 321 g/mol. The van der Waals surface area contributed by atoms with Gasteiger partial charge >= 0.3 is 0 Å². The van der Waals surface area contributed by atoms with Gasteiger partial charge in [-0.2, -0.15) is 0 Å². The first-order chi connectivity index (χ1) is 11.2. The fourth-order valence-corrected chi connectivity index (χ4v) is 4.01. The molecule has 0 radical (unpaired) electrons. The summed E-state index contributed by atoms with van der Waals surface area (Å²) in [6, 6.07) is 0.334. The number of rotatable bonds is 8. The highest BCUT2D eigenvalue weighted by Crippen LogP contribution is 2.35. The molecule has 2 saturated carbocycles. The predicted molar refractivity (Wildman–Crippen MR) is 90.1 cm³/mol. The molecule has 2 N–H and O–H groups in total. The van der Waals surface area contributed by atoms with Crippen LogP contribution in [0.5, 0.6) is 0 Å². The maximum Gasteiger partial charge on any atom is 0.147 e. The molecule has 3 rings (SSSR count). The predicted octanol–water partition coefficient (Wildman–Crippen LogP) is 1.75. The minimum absolute atomic E-state index is 0.334. The molecule has 130 valence electrons. The zero-order valence-corrected chi connectivity index (χ0v) is 14.6. The number of methoxy groups -OCH3 is 1. The summed E-state index contributed by atoms with van der Waals surface area (Å²) < 4.78 is 7.54. The van der Waals surface area contributed by atoms with Crippen molar-refractivity contribution in [1.29, 1.82) is 0 Å². The van der Waals surface area contributed by atoms with E-state index < -0.39 is 0 Å². The zero-order valence-electron chi connectivity index (χ0n) is 14.6. The number of aromatic nitrogens is 3. The van der Waals surface area contributed by atoms with Crippen molar-refractivity contribution in [2.45, 2.75) is 63.6 Å². The SMILES string of the molecule is COCCn1c(CN(C)CC2CCCC2)nnc1C1CC(N)C1. The van der Waals surface area contributed by atoms with Gasteiger partial charge in [-0.05, 0) is 38.6 Å². The highest BCUT2D eigenvalue weighted by atomic mass is 16.5. The summed E-state index contributed by atoms with van der Waals surface area (Å²) in [6.45, 7) is 3.56. The zero-order chi connectivity index (χ0) is 16.2. The van der Waals surface area contributed by atoms with Crippen LogP contribution >= 0.6 is 0 Å². The Morgan fingerprint density at radius 2 is 2.00 bits per heavy atom. The van der Waals surface area contributed by atoms with Crippen molar-refractivity contribution >= 4 is 0 Å². The number of ether oxygens (including phenoxy) is 1. The summed E-state index contributed by atoms with van der Waals surface area (Å²) in [5, 5.41) is 8.97. The Hall–Kier alpha value is -0.980. The second-order valence-corrected chi connectivity index (χ2v) is 7.39. The molecule has 6 nitrogen and oxygen atoms in total. The molecule has 0 unspecified atom stereocenters. The summed E-state index contributed by atoms with van der Waals surface area (Å²) in [7, 11) is 3.95. The molecule has 0 bridgehead atoms. The van der Waals surface area contributed by atoms with Crippen molar-refractivity contribution in [3.63, 3.8) is 0 Å². The van der Waals surface area contributed by atoms with Crippen molar-refractivity contribution in [3.05, 3.63) is 11.6 Å². The van der Waals surface area contributed by atoms with Gasteiger partial charge in [-0.25, -0.2) is 0 Å². The second kappa shape index (κ2) is 7.73. The molecular weight excluding hydrogens is 290 g/mol. The van der Waals surface area contributed by atoms with E-state index in [1.165, 1.54) is 32.2 Å². The third-order valence-electron chi connectivity index (χ3n) is 5.37. The lowest BCUT2D eigenvalue weighted by atomic mass is 9.80. The van der Waals surface area contributed by atoms with Gasteiger partial charge in [-0.1, -0.05) is 12.8 Å². The Morgan fingerprint density at radius 1 is 1.26 bits per heavy atom. The number of hydrogen-bond donors (Lipinski definition) is 1. The lowest BCUT2D eigenvalue weighted by molar-refractivity contribution is 0.180. The minimum Gasteiger partial charge on any atom is -0.383 e. The van der Waals surface area contributed by atoms with Crippen LogP contribution in [0, 0.1) is 5.92 Å². The minimum atomic E-state index is 0.334. The molecule has 23 heavy (non-hydrogen) atoms. The maximum absolute atomic E-state index is 5.94. The van der Waals surface area contributed by atoms with Gasteiger partial charge in [0, 0.05) is 32.2 Å². The van der Waals surface area contributed by atoms with Crippen LogP contribution in [-0.2, 0) is 17.8 Å². The molecule has 2 aliphatic carbocycles. The topological polar surface area (TPSA) is 69.2 Å². The summed E-state index contributed by atoms with van der Waals surface area (Å²) in [5.41, 5.74) is 5.94. The summed E-state index contributed by atoms with van der Waals surface area (Å²) in [5.74, 6) is 3.51. The van der Waals surface area contributed by atoms with Crippen molar-refractivity contribution in [1.82, 2.24) is 19.7 Å². The Balaban J connectivity index is 1.64. The van der Waals surface area contributed by atoms with E-state index in [1.807, 2.05) is 0 Å². The number of hydrogen-bond acceptors (Lipinski definition) is 5. The smallest absolute Gasteiger partial charge is 0.147 e. The van der Waals surface area contributed by atoms with Gasteiger partial charge in [0.15, 0.2) is 0 Å². The number of nitrogens with zero attached hydrogens (tertiary/aromatic N) is 4. The van der Waals surface area contributed by atoms with Gasteiger partial charge in [-0.3, -0.25) is 4.90 Å². The molecule has 1 heterocycles. The van der Waals surface area contributed by atoms with Gasteiger partial charge in [-0.15, -0.1) is 10.2 Å². The van der Waals surface area contributed by atoms with E-state index in [0.29, 0.717) is 18.6 Å². The largest absolute Gasteiger partial charge is 0.383 e. The first-order valence-electron chi connectivity index (χ1n) is 9.02. The molecule has 6 heteroatoms. The normalized spacial score (nSPS) is 25.2. The van der Waals surface area contributed by atoms with Crippen molar-refractivity contribution in [2.24, 2.45) is 11.7 Å². The molecule has 0 aliphatic heterocycles. The van der Waals surface area contributed by atoms with Crippen LogP contribution in [-0.4, -0.2) is 53.0 Å². The van der Waals surface area contributed by atoms with Crippen LogP contribution in [0.25, 0.3) is 0 Å². The van der Waals surface area contributed by atoms with E-state index in [0.717, 1.165) is 43.5 Å². The standard InChI is InChI=1S/C17H31N5O/c1-21(11-13-5-3-4-6-13)12-16-19-20-17(14-9-15(18)10-14)22(16)7-8-23-2/h13-15H,3-12,18H2,1-2H3. The Bertz CT molecular complexity index is 491. The number of nitrogens with two attached hydrogens (primary N) is 1. The van der Waals surface area contributed by atoms with Crippen LogP contribution in [0.2, 0.25) is 0 Å². The molecule has 2 fully saturated rings. The molecule has 0 saturated heterocycles. The fourth-order valence-electron chi connectivity index (χ4n) is 4.01.